The van der Waals surface area contributed by atoms with E-state index in [1.54, 1.807) is 20.8 Å². The van der Waals surface area contributed by atoms with Crippen molar-refractivity contribution < 1.29 is 33.8 Å². The predicted octanol–water partition coefficient (Wildman–Crippen LogP) is 0.718. The summed E-state index contributed by atoms with van der Waals surface area (Å²) in [6.07, 6.45) is 1.36. The molecule has 0 aromatic carbocycles. The lowest BCUT2D eigenvalue weighted by Gasteiger charge is -2.27. The fraction of sp³-hybridized carbons (Fsp3) is 0.600. The highest BCUT2D eigenvalue weighted by Gasteiger charge is 2.32. The molecule has 1 aliphatic heterocycles. The summed E-state index contributed by atoms with van der Waals surface area (Å²) in [5.41, 5.74) is -0.682. The van der Waals surface area contributed by atoms with Crippen molar-refractivity contribution in [1.82, 2.24) is 10.2 Å². The maximum atomic E-state index is 11.8. The van der Waals surface area contributed by atoms with Crippen molar-refractivity contribution in [3.8, 4) is 0 Å². The van der Waals surface area contributed by atoms with Crippen molar-refractivity contribution in [3.63, 3.8) is 0 Å². The Morgan fingerprint density at radius 1 is 1.24 bits per heavy atom. The molecule has 0 saturated carbocycles. The number of carbonyl (C=O) groups excluding carboxylic acids is 3. The SMILES string of the molecule is CC(C)(C)OC(=O)NC[C@@H](COCCC(=O)O)N1C(=O)C=CC1=O.Cl. The molecule has 0 aliphatic carbocycles. The minimum atomic E-state index is -1.02. The molecular weight excluding hydrogens is 356 g/mol. The fourth-order valence-electron chi connectivity index (χ4n) is 1.89. The van der Waals surface area contributed by atoms with E-state index in [4.69, 9.17) is 14.6 Å². The molecule has 0 saturated heterocycles. The highest BCUT2D eigenvalue weighted by molar-refractivity contribution is 6.13. The molecule has 0 radical (unpaired) electrons. The molecule has 0 spiro atoms. The molecule has 1 aliphatic rings. The van der Waals surface area contributed by atoms with Gasteiger partial charge in [0.05, 0.1) is 25.7 Å². The number of alkyl carbamates (subject to hydrolysis) is 1. The zero-order chi connectivity index (χ0) is 18.3. The Morgan fingerprint density at radius 3 is 2.28 bits per heavy atom. The first-order chi connectivity index (χ1) is 11.1. The number of hydrogen-bond acceptors (Lipinski definition) is 6. The topological polar surface area (TPSA) is 122 Å². The van der Waals surface area contributed by atoms with Crippen LogP contribution in [0, 0.1) is 0 Å². The molecular formula is C15H23ClN2O7. The van der Waals surface area contributed by atoms with Gasteiger partial charge >= 0.3 is 12.1 Å². The Labute approximate surface area is 151 Å². The highest BCUT2D eigenvalue weighted by Crippen LogP contribution is 2.11. The van der Waals surface area contributed by atoms with Crippen LogP contribution in [0.15, 0.2) is 12.2 Å². The van der Waals surface area contributed by atoms with Crippen molar-refractivity contribution in [2.75, 3.05) is 19.8 Å². The average Bonchev–Trinajstić information content (AvgIpc) is 2.76. The number of carbonyl (C=O) groups is 4. The molecule has 1 rings (SSSR count). The van der Waals surface area contributed by atoms with Gasteiger partial charge in [-0.3, -0.25) is 19.3 Å². The molecule has 9 nitrogen and oxygen atoms in total. The van der Waals surface area contributed by atoms with Gasteiger partial charge in [-0.15, -0.1) is 12.4 Å². The van der Waals surface area contributed by atoms with Gasteiger partial charge in [-0.1, -0.05) is 0 Å². The smallest absolute Gasteiger partial charge is 0.407 e. The third-order valence-corrected chi connectivity index (χ3v) is 2.86. The van der Waals surface area contributed by atoms with Crippen LogP contribution >= 0.6 is 12.4 Å². The molecule has 1 heterocycles. The fourth-order valence-corrected chi connectivity index (χ4v) is 1.89. The third-order valence-electron chi connectivity index (χ3n) is 2.86. The molecule has 2 N–H and O–H groups in total. The number of amides is 3. The largest absolute Gasteiger partial charge is 0.481 e. The van der Waals surface area contributed by atoms with Crippen LogP contribution in [0.1, 0.15) is 27.2 Å². The molecule has 25 heavy (non-hydrogen) atoms. The van der Waals surface area contributed by atoms with E-state index >= 15 is 0 Å². The van der Waals surface area contributed by atoms with Crippen LogP contribution in [0.2, 0.25) is 0 Å². The summed E-state index contributed by atoms with van der Waals surface area (Å²) < 4.78 is 10.3. The second kappa shape index (κ2) is 10.00. The van der Waals surface area contributed by atoms with Crippen molar-refractivity contribution in [2.24, 2.45) is 0 Å². The summed E-state index contributed by atoms with van der Waals surface area (Å²) in [4.78, 5) is 46.7. The zero-order valence-corrected chi connectivity index (χ0v) is 15.1. The highest BCUT2D eigenvalue weighted by atomic mass is 35.5. The molecule has 0 fully saturated rings. The Bertz CT molecular complexity index is 524. The quantitative estimate of drug-likeness (QED) is 0.471. The Kier molecular flexibility index (Phi) is 9.14. The Hall–Kier alpha value is -2.13. The zero-order valence-electron chi connectivity index (χ0n) is 14.3. The first-order valence-corrected chi connectivity index (χ1v) is 7.42. The Balaban J connectivity index is 0.00000576. The summed E-state index contributed by atoms with van der Waals surface area (Å²) in [6.45, 7) is 4.88. The lowest BCUT2D eigenvalue weighted by Crippen LogP contribution is -2.50. The predicted molar refractivity (Wildman–Crippen MR) is 89.3 cm³/mol. The van der Waals surface area contributed by atoms with Gasteiger partial charge in [-0.05, 0) is 20.8 Å². The average molecular weight is 379 g/mol. The van der Waals surface area contributed by atoms with Crippen LogP contribution in [0.25, 0.3) is 0 Å². The van der Waals surface area contributed by atoms with Gasteiger partial charge in [-0.25, -0.2) is 4.79 Å². The van der Waals surface area contributed by atoms with Crippen LogP contribution in [0.3, 0.4) is 0 Å². The van der Waals surface area contributed by atoms with Gasteiger partial charge in [0, 0.05) is 18.7 Å². The number of carboxylic acids is 1. The lowest BCUT2D eigenvalue weighted by atomic mass is 10.2. The van der Waals surface area contributed by atoms with E-state index in [1.165, 1.54) is 0 Å². The molecule has 0 unspecified atom stereocenters. The molecule has 142 valence electrons. The number of carboxylic acid groups (broad SMARTS) is 1. The minimum absolute atomic E-state index is 0. The van der Waals surface area contributed by atoms with E-state index in [9.17, 15) is 19.2 Å². The first kappa shape index (κ1) is 22.9. The number of aliphatic carboxylic acids is 1. The lowest BCUT2D eigenvalue weighted by molar-refractivity contribution is -0.143. The van der Waals surface area contributed by atoms with E-state index in [1.807, 2.05) is 0 Å². The van der Waals surface area contributed by atoms with Gasteiger partial charge in [0.1, 0.15) is 5.60 Å². The van der Waals surface area contributed by atoms with Gasteiger partial charge in [-0.2, -0.15) is 0 Å². The maximum absolute atomic E-state index is 11.8. The number of imide groups is 1. The van der Waals surface area contributed by atoms with Gasteiger partial charge < -0.3 is 19.9 Å². The monoisotopic (exact) mass is 378 g/mol. The van der Waals surface area contributed by atoms with Gasteiger partial charge in [0.2, 0.25) is 0 Å². The summed E-state index contributed by atoms with van der Waals surface area (Å²) in [6, 6.07) is -0.763. The van der Waals surface area contributed by atoms with Gasteiger partial charge in [0.25, 0.3) is 11.8 Å². The van der Waals surface area contributed by atoms with E-state index in [0.29, 0.717) is 0 Å². The number of nitrogens with one attached hydrogen (secondary N) is 1. The number of ether oxygens (including phenoxy) is 2. The van der Waals surface area contributed by atoms with E-state index in [0.717, 1.165) is 17.1 Å². The van der Waals surface area contributed by atoms with E-state index < -0.39 is 35.5 Å². The van der Waals surface area contributed by atoms with Crippen LogP contribution < -0.4 is 5.32 Å². The van der Waals surface area contributed by atoms with Crippen molar-refractivity contribution in [1.29, 1.82) is 0 Å². The van der Waals surface area contributed by atoms with E-state index in [-0.39, 0.29) is 38.6 Å². The summed E-state index contributed by atoms with van der Waals surface area (Å²) in [5, 5.41) is 11.1. The number of hydrogen-bond donors (Lipinski definition) is 2. The molecule has 1 atom stereocenters. The third kappa shape index (κ3) is 8.50. The molecule has 10 heteroatoms. The molecule has 0 aromatic rings. The standard InChI is InChI=1S/C15H22N2O7.ClH/c1-15(2,3)24-14(22)16-8-10(9-23-7-6-13(20)21)17-11(18)4-5-12(17)19;/h4-5,10H,6-9H2,1-3H3,(H,16,22)(H,20,21);1H/t10-;/m0./s1. The number of halogens is 1. The van der Waals surface area contributed by atoms with Crippen molar-refractivity contribution in [3.05, 3.63) is 12.2 Å². The first-order valence-electron chi connectivity index (χ1n) is 7.42. The normalized spacial score (nSPS) is 14.9. The van der Waals surface area contributed by atoms with Crippen molar-refractivity contribution in [2.45, 2.75) is 38.8 Å². The molecule has 0 aromatic heterocycles. The van der Waals surface area contributed by atoms with Gasteiger partial charge in [0.15, 0.2) is 0 Å². The van der Waals surface area contributed by atoms with E-state index in [2.05, 4.69) is 5.32 Å². The second-order valence-corrected chi connectivity index (χ2v) is 6.14. The minimum Gasteiger partial charge on any atom is -0.481 e. The Morgan fingerprint density at radius 2 is 1.80 bits per heavy atom. The maximum Gasteiger partial charge on any atom is 0.407 e. The summed E-state index contributed by atoms with van der Waals surface area (Å²) in [7, 11) is 0. The molecule has 0 bridgehead atoms. The van der Waals surface area contributed by atoms with Crippen molar-refractivity contribution >= 4 is 36.3 Å². The molecule has 3 amide bonds. The summed E-state index contributed by atoms with van der Waals surface area (Å²) in [5.74, 6) is -2.05. The van der Waals surface area contributed by atoms with Crippen LogP contribution in [0.5, 0.6) is 0 Å². The van der Waals surface area contributed by atoms with Crippen LogP contribution in [-0.2, 0) is 23.9 Å². The summed E-state index contributed by atoms with van der Waals surface area (Å²) >= 11 is 0. The number of rotatable bonds is 8. The number of nitrogens with zero attached hydrogens (tertiary/aromatic N) is 1. The van der Waals surface area contributed by atoms with Crippen LogP contribution in [-0.4, -0.2) is 65.3 Å². The second-order valence-electron chi connectivity index (χ2n) is 6.14. The van der Waals surface area contributed by atoms with Crippen LogP contribution in [0.4, 0.5) is 4.79 Å².